The van der Waals surface area contributed by atoms with Gasteiger partial charge in [-0.2, -0.15) is 0 Å². The maximum atomic E-state index is 11.3. The highest BCUT2D eigenvalue weighted by atomic mass is 16.5. The van der Waals surface area contributed by atoms with Crippen molar-refractivity contribution < 1.29 is 19.4 Å². The lowest BCUT2D eigenvalue weighted by atomic mass is 9.87. The van der Waals surface area contributed by atoms with Crippen LogP contribution in [-0.2, 0) is 11.2 Å². The van der Waals surface area contributed by atoms with E-state index in [-0.39, 0.29) is 11.7 Å². The highest BCUT2D eigenvalue weighted by molar-refractivity contribution is 5.73. The van der Waals surface area contributed by atoms with Gasteiger partial charge in [-0.25, -0.2) is 0 Å². The summed E-state index contributed by atoms with van der Waals surface area (Å²) in [6.07, 6.45) is 12.7. The minimum absolute atomic E-state index is 0.0718. The van der Waals surface area contributed by atoms with Gasteiger partial charge < -0.3 is 14.6 Å². The summed E-state index contributed by atoms with van der Waals surface area (Å²) < 4.78 is 12.4. The van der Waals surface area contributed by atoms with E-state index in [9.17, 15) is 9.90 Å². The number of ether oxygens (including phenoxy) is 2. The second kappa shape index (κ2) is 11.1. The Labute approximate surface area is 183 Å². The van der Waals surface area contributed by atoms with Gasteiger partial charge in [-0.3, -0.25) is 4.79 Å². The van der Waals surface area contributed by atoms with Crippen LogP contribution in [0.3, 0.4) is 0 Å². The number of hydrogen-bond donors (Lipinski definition) is 1. The van der Waals surface area contributed by atoms with Crippen molar-refractivity contribution >= 4 is 5.97 Å². The molecule has 170 valence electrons. The highest BCUT2D eigenvalue weighted by Crippen LogP contribution is 2.38. The predicted molar refractivity (Wildman–Crippen MR) is 123 cm³/mol. The van der Waals surface area contributed by atoms with E-state index in [0.29, 0.717) is 6.42 Å². The molecule has 4 heteroatoms. The van der Waals surface area contributed by atoms with Crippen LogP contribution in [0.15, 0.2) is 18.2 Å². The average molecular weight is 419 g/mol. The molecular formula is C26H42O4. The number of aryl methyl sites for hydroxylation is 1. The molecule has 0 saturated heterocycles. The van der Waals surface area contributed by atoms with Gasteiger partial charge in [0.15, 0.2) is 0 Å². The van der Waals surface area contributed by atoms with Crippen molar-refractivity contribution in [2.75, 3.05) is 0 Å². The highest BCUT2D eigenvalue weighted by Gasteiger charge is 2.32. The Kier molecular flexibility index (Phi) is 9.06. The zero-order valence-corrected chi connectivity index (χ0v) is 19.8. The number of fused-ring (bicyclic) bond motifs is 1. The first-order valence-corrected chi connectivity index (χ1v) is 11.9. The molecule has 1 aliphatic heterocycles. The first-order valence-electron chi connectivity index (χ1n) is 11.9. The summed E-state index contributed by atoms with van der Waals surface area (Å²) in [5.41, 5.74) is 0.320. The summed E-state index contributed by atoms with van der Waals surface area (Å²) in [4.78, 5) is 11.3. The van der Waals surface area contributed by atoms with Crippen LogP contribution in [0.4, 0.5) is 0 Å². The van der Waals surface area contributed by atoms with E-state index >= 15 is 0 Å². The van der Waals surface area contributed by atoms with Gasteiger partial charge in [0.2, 0.25) is 0 Å². The third-order valence-corrected chi connectivity index (χ3v) is 6.33. The fourth-order valence-corrected chi connectivity index (χ4v) is 4.35. The third kappa shape index (κ3) is 7.52. The monoisotopic (exact) mass is 418 g/mol. The number of unbranched alkanes of at least 4 members (excludes halogenated alkanes) is 6. The number of aliphatic carboxylic acids is 1. The minimum Gasteiger partial charge on any atom is -0.491 e. The summed E-state index contributed by atoms with van der Waals surface area (Å²) in [5, 5.41) is 9.32. The number of hydrogen-bond acceptors (Lipinski definition) is 3. The van der Waals surface area contributed by atoms with E-state index < -0.39 is 11.4 Å². The van der Waals surface area contributed by atoms with Crippen LogP contribution in [0.25, 0.3) is 0 Å². The number of benzene rings is 1. The lowest BCUT2D eigenvalue weighted by Gasteiger charge is -2.36. The third-order valence-electron chi connectivity index (χ3n) is 6.33. The Hall–Kier alpha value is -1.71. The van der Waals surface area contributed by atoms with Crippen LogP contribution in [0.5, 0.6) is 11.5 Å². The van der Waals surface area contributed by atoms with Crippen molar-refractivity contribution in [3.8, 4) is 11.5 Å². The average Bonchev–Trinajstić information content (AvgIpc) is 2.67. The van der Waals surface area contributed by atoms with Gasteiger partial charge in [0.25, 0.3) is 0 Å². The zero-order valence-electron chi connectivity index (χ0n) is 19.8. The largest absolute Gasteiger partial charge is 0.491 e. The molecule has 0 aliphatic carbocycles. The summed E-state index contributed by atoms with van der Waals surface area (Å²) in [6.45, 7) is 9.91. The fourth-order valence-electron chi connectivity index (χ4n) is 4.35. The van der Waals surface area contributed by atoms with Crippen molar-refractivity contribution in [1.82, 2.24) is 0 Å². The van der Waals surface area contributed by atoms with Crippen LogP contribution in [0.1, 0.15) is 104 Å². The molecule has 0 radical (unpaired) electrons. The molecule has 2 unspecified atom stereocenters. The van der Waals surface area contributed by atoms with Gasteiger partial charge in [0, 0.05) is 0 Å². The van der Waals surface area contributed by atoms with Gasteiger partial charge in [-0.15, -0.1) is 0 Å². The van der Waals surface area contributed by atoms with E-state index in [1.807, 2.05) is 19.1 Å². The molecule has 30 heavy (non-hydrogen) atoms. The Morgan fingerprint density at radius 2 is 1.87 bits per heavy atom. The SMILES string of the molecule is CCCCCCCCCC1(C)CCc2cc(OC(C)CC(C)(C)C(=O)O)ccc2O1. The minimum atomic E-state index is -0.797. The maximum Gasteiger partial charge on any atom is 0.309 e. The second-order valence-electron chi connectivity index (χ2n) is 10.0. The first-order chi connectivity index (χ1) is 14.1. The molecule has 2 atom stereocenters. The standard InChI is InChI=1S/C26H42O4/c1-6-7-8-9-10-11-12-16-26(5)17-15-21-18-22(13-14-23(21)30-26)29-20(2)19-25(3,4)24(27)28/h13-14,18,20H,6-12,15-17,19H2,1-5H3,(H,27,28). The maximum absolute atomic E-state index is 11.3. The molecule has 1 heterocycles. The normalized spacial score (nSPS) is 19.6. The smallest absolute Gasteiger partial charge is 0.309 e. The molecule has 0 aromatic heterocycles. The molecule has 2 rings (SSSR count). The molecule has 1 aromatic rings. The lowest BCUT2D eigenvalue weighted by molar-refractivity contribution is -0.148. The topological polar surface area (TPSA) is 55.8 Å². The predicted octanol–water partition coefficient (Wildman–Crippen LogP) is 7.18. The van der Waals surface area contributed by atoms with Gasteiger partial charge >= 0.3 is 5.97 Å². The quantitative estimate of drug-likeness (QED) is 0.345. The summed E-state index contributed by atoms with van der Waals surface area (Å²) in [7, 11) is 0. The zero-order chi connectivity index (χ0) is 22.2. The molecule has 1 aromatic carbocycles. The van der Waals surface area contributed by atoms with Crippen molar-refractivity contribution in [2.24, 2.45) is 5.41 Å². The second-order valence-corrected chi connectivity index (χ2v) is 10.0. The molecule has 1 aliphatic rings. The number of carboxylic acids is 1. The van der Waals surface area contributed by atoms with Gasteiger partial charge in [0.05, 0.1) is 11.5 Å². The van der Waals surface area contributed by atoms with Crippen LogP contribution in [0, 0.1) is 5.41 Å². The summed E-state index contributed by atoms with van der Waals surface area (Å²) in [6, 6.07) is 6.03. The summed E-state index contributed by atoms with van der Waals surface area (Å²) in [5.74, 6) is 0.969. The number of rotatable bonds is 13. The van der Waals surface area contributed by atoms with Crippen molar-refractivity contribution in [3.05, 3.63) is 23.8 Å². The van der Waals surface area contributed by atoms with Crippen LogP contribution in [0.2, 0.25) is 0 Å². The lowest BCUT2D eigenvalue weighted by Crippen LogP contribution is -2.36. The molecule has 0 saturated carbocycles. The van der Waals surface area contributed by atoms with E-state index in [1.165, 1.54) is 50.5 Å². The Balaban J connectivity index is 1.83. The Morgan fingerprint density at radius 3 is 2.53 bits per heavy atom. The molecule has 1 N–H and O–H groups in total. The molecule has 4 nitrogen and oxygen atoms in total. The van der Waals surface area contributed by atoms with E-state index in [4.69, 9.17) is 9.47 Å². The van der Waals surface area contributed by atoms with E-state index in [1.54, 1.807) is 13.8 Å². The Bertz CT molecular complexity index is 682. The van der Waals surface area contributed by atoms with Crippen LogP contribution in [-0.4, -0.2) is 22.8 Å². The van der Waals surface area contributed by atoms with Gasteiger partial charge in [-0.05, 0) is 83.6 Å². The van der Waals surface area contributed by atoms with Crippen LogP contribution < -0.4 is 9.47 Å². The molecule has 0 bridgehead atoms. The van der Waals surface area contributed by atoms with Crippen LogP contribution >= 0.6 is 0 Å². The molecule has 0 fully saturated rings. The van der Waals surface area contributed by atoms with Crippen molar-refractivity contribution in [1.29, 1.82) is 0 Å². The molecular weight excluding hydrogens is 376 g/mol. The van der Waals surface area contributed by atoms with E-state index in [2.05, 4.69) is 19.9 Å². The van der Waals surface area contributed by atoms with Crippen molar-refractivity contribution in [3.63, 3.8) is 0 Å². The number of carbonyl (C=O) groups is 1. The Morgan fingerprint density at radius 1 is 1.20 bits per heavy atom. The molecule has 0 amide bonds. The first kappa shape index (κ1) is 24.6. The number of carboxylic acid groups (broad SMARTS) is 1. The summed E-state index contributed by atoms with van der Waals surface area (Å²) >= 11 is 0. The van der Waals surface area contributed by atoms with Crippen molar-refractivity contribution in [2.45, 2.75) is 117 Å². The van der Waals surface area contributed by atoms with Gasteiger partial charge in [0.1, 0.15) is 17.1 Å². The fraction of sp³-hybridized carbons (Fsp3) is 0.731. The molecule has 0 spiro atoms. The van der Waals surface area contributed by atoms with E-state index in [0.717, 1.165) is 30.8 Å². The van der Waals surface area contributed by atoms with Gasteiger partial charge in [-0.1, -0.05) is 45.4 Å².